The predicted octanol–water partition coefficient (Wildman–Crippen LogP) is 5.82. The van der Waals surface area contributed by atoms with Crippen molar-refractivity contribution in [1.29, 1.82) is 0 Å². The molecule has 2 aromatic carbocycles. The van der Waals surface area contributed by atoms with Crippen molar-refractivity contribution in [2.24, 2.45) is 0 Å². The molecule has 3 aromatic rings. The average molecular weight is 364 g/mol. The van der Waals surface area contributed by atoms with Gasteiger partial charge >= 0.3 is 6.18 Å². The molecule has 1 atom stereocenters. The maximum absolute atomic E-state index is 12.6. The Morgan fingerprint density at radius 1 is 1.12 bits per heavy atom. The lowest BCUT2D eigenvalue weighted by molar-refractivity contribution is -0.137. The number of halogens is 3. The lowest BCUT2D eigenvalue weighted by Crippen LogP contribution is -2.22. The average Bonchev–Trinajstić information content (AvgIpc) is 2.92. The van der Waals surface area contributed by atoms with Gasteiger partial charge < -0.3 is 0 Å². The van der Waals surface area contributed by atoms with Crippen LogP contribution in [0.1, 0.15) is 34.7 Å². The van der Waals surface area contributed by atoms with E-state index in [9.17, 15) is 13.2 Å². The smallest absolute Gasteiger partial charge is 0.295 e. The van der Waals surface area contributed by atoms with Crippen molar-refractivity contribution in [2.45, 2.75) is 32.6 Å². The molecular formula is C19H19F3N2S. The lowest BCUT2D eigenvalue weighted by Gasteiger charge is -2.25. The third-order valence-electron chi connectivity index (χ3n) is 4.38. The molecule has 0 aliphatic heterocycles. The minimum Gasteiger partial charge on any atom is -0.295 e. The van der Waals surface area contributed by atoms with Crippen molar-refractivity contribution in [3.63, 3.8) is 0 Å². The fraction of sp³-hybridized carbons (Fsp3) is 0.316. The molecule has 0 N–H and O–H groups in total. The van der Waals surface area contributed by atoms with Gasteiger partial charge in [0.05, 0.1) is 20.8 Å². The molecule has 132 valence electrons. The lowest BCUT2D eigenvalue weighted by atomic mass is 10.1. The summed E-state index contributed by atoms with van der Waals surface area (Å²) in [6.07, 6.45) is -4.29. The Labute approximate surface area is 148 Å². The van der Waals surface area contributed by atoms with E-state index in [0.717, 1.165) is 32.9 Å². The van der Waals surface area contributed by atoms with E-state index in [1.807, 2.05) is 20.0 Å². The van der Waals surface area contributed by atoms with Crippen LogP contribution in [-0.4, -0.2) is 16.9 Å². The summed E-state index contributed by atoms with van der Waals surface area (Å²) >= 11 is 1.67. The molecule has 2 nitrogen and oxygen atoms in total. The largest absolute Gasteiger partial charge is 0.416 e. The number of thiazole rings is 1. The summed E-state index contributed by atoms with van der Waals surface area (Å²) in [5, 5.41) is 1.04. The Morgan fingerprint density at radius 2 is 1.80 bits per heavy atom. The Balaban J connectivity index is 1.73. The van der Waals surface area contributed by atoms with Crippen LogP contribution in [0.3, 0.4) is 0 Å². The highest BCUT2D eigenvalue weighted by Crippen LogP contribution is 2.30. The maximum Gasteiger partial charge on any atom is 0.416 e. The summed E-state index contributed by atoms with van der Waals surface area (Å²) in [6.45, 7) is 4.67. The number of benzene rings is 2. The summed E-state index contributed by atoms with van der Waals surface area (Å²) in [5.41, 5.74) is 2.42. The minimum atomic E-state index is -4.29. The molecule has 0 spiro atoms. The predicted molar refractivity (Wildman–Crippen MR) is 95.7 cm³/mol. The second-order valence-electron chi connectivity index (χ2n) is 6.25. The van der Waals surface area contributed by atoms with Crippen LogP contribution >= 0.6 is 11.3 Å². The van der Waals surface area contributed by atoms with Crippen LogP contribution in [-0.2, 0) is 12.7 Å². The molecule has 0 aliphatic rings. The highest BCUT2D eigenvalue weighted by molar-refractivity contribution is 7.18. The van der Waals surface area contributed by atoms with Crippen LogP contribution in [0.5, 0.6) is 0 Å². The third kappa shape index (κ3) is 4.02. The molecule has 6 heteroatoms. The van der Waals surface area contributed by atoms with Crippen LogP contribution in [0, 0.1) is 6.92 Å². The molecule has 0 fully saturated rings. The van der Waals surface area contributed by atoms with Crippen LogP contribution in [0.2, 0.25) is 0 Å². The third-order valence-corrected chi connectivity index (χ3v) is 5.31. The number of hydrogen-bond donors (Lipinski definition) is 0. The standard InChI is InChI=1S/C19H19F3N2S/c1-12(15-6-9-17-18(10-15)25-13(2)23-17)24(3)11-14-4-7-16(8-5-14)19(20,21)22/h4-10,12H,11H2,1-3H3. The van der Waals surface area contributed by atoms with Crippen LogP contribution < -0.4 is 0 Å². The Kier molecular flexibility index (Phi) is 4.84. The number of aromatic nitrogens is 1. The fourth-order valence-corrected chi connectivity index (χ4v) is 3.67. The number of fused-ring (bicyclic) bond motifs is 1. The van der Waals surface area contributed by atoms with Crippen LogP contribution in [0.25, 0.3) is 10.2 Å². The zero-order chi connectivity index (χ0) is 18.2. The molecule has 0 amide bonds. The number of aryl methyl sites for hydroxylation is 1. The zero-order valence-electron chi connectivity index (χ0n) is 14.3. The Bertz CT molecular complexity index is 869. The molecule has 1 unspecified atom stereocenters. The molecule has 3 rings (SSSR count). The summed E-state index contributed by atoms with van der Waals surface area (Å²) in [5.74, 6) is 0. The topological polar surface area (TPSA) is 16.1 Å². The number of alkyl halides is 3. The van der Waals surface area contributed by atoms with Crippen LogP contribution in [0.4, 0.5) is 13.2 Å². The van der Waals surface area contributed by atoms with E-state index in [-0.39, 0.29) is 6.04 Å². The van der Waals surface area contributed by atoms with E-state index >= 15 is 0 Å². The van der Waals surface area contributed by atoms with E-state index in [1.54, 1.807) is 23.5 Å². The molecule has 1 aromatic heterocycles. The van der Waals surface area contributed by atoms with Gasteiger partial charge in [0.1, 0.15) is 0 Å². The van der Waals surface area contributed by atoms with Gasteiger partial charge in [-0.05, 0) is 56.3 Å². The minimum absolute atomic E-state index is 0.147. The van der Waals surface area contributed by atoms with Crippen molar-refractivity contribution in [2.75, 3.05) is 7.05 Å². The number of nitrogens with zero attached hydrogens (tertiary/aromatic N) is 2. The van der Waals surface area contributed by atoms with Gasteiger partial charge in [-0.1, -0.05) is 18.2 Å². The first-order chi connectivity index (χ1) is 11.7. The van der Waals surface area contributed by atoms with E-state index in [1.165, 1.54) is 5.56 Å². The first-order valence-corrected chi connectivity index (χ1v) is 8.79. The van der Waals surface area contributed by atoms with Crippen molar-refractivity contribution in [1.82, 2.24) is 9.88 Å². The SMILES string of the molecule is Cc1nc2ccc(C(C)N(C)Cc3ccc(C(F)(F)F)cc3)cc2s1. The zero-order valence-corrected chi connectivity index (χ0v) is 15.1. The van der Waals surface area contributed by atoms with Crippen molar-refractivity contribution in [3.8, 4) is 0 Å². The molecule has 0 aliphatic carbocycles. The van der Waals surface area contributed by atoms with Gasteiger partial charge in [0.2, 0.25) is 0 Å². The van der Waals surface area contributed by atoms with Crippen molar-refractivity contribution < 1.29 is 13.2 Å². The molecule has 0 saturated carbocycles. The van der Waals surface area contributed by atoms with Gasteiger partial charge in [-0.15, -0.1) is 11.3 Å². The second-order valence-corrected chi connectivity index (χ2v) is 7.48. The number of rotatable bonds is 4. The summed E-state index contributed by atoms with van der Waals surface area (Å²) in [6, 6.07) is 11.7. The van der Waals surface area contributed by atoms with E-state index in [4.69, 9.17) is 0 Å². The van der Waals surface area contributed by atoms with Crippen molar-refractivity contribution >= 4 is 21.6 Å². The summed E-state index contributed by atoms with van der Waals surface area (Å²) < 4.78 is 39.1. The van der Waals surface area contributed by atoms with Gasteiger partial charge in [-0.2, -0.15) is 13.2 Å². The highest BCUT2D eigenvalue weighted by atomic mass is 32.1. The van der Waals surface area contributed by atoms with Crippen LogP contribution in [0.15, 0.2) is 42.5 Å². The first-order valence-electron chi connectivity index (χ1n) is 7.97. The fourth-order valence-electron chi connectivity index (χ4n) is 2.79. The molecular weight excluding hydrogens is 345 g/mol. The van der Waals surface area contributed by atoms with Gasteiger partial charge in [0, 0.05) is 12.6 Å². The van der Waals surface area contributed by atoms with Gasteiger partial charge in [-0.3, -0.25) is 4.90 Å². The Hall–Kier alpha value is -1.92. The van der Waals surface area contributed by atoms with Gasteiger partial charge in [-0.25, -0.2) is 4.98 Å². The molecule has 1 heterocycles. The van der Waals surface area contributed by atoms with Gasteiger partial charge in [0.15, 0.2) is 0 Å². The highest BCUT2D eigenvalue weighted by Gasteiger charge is 2.30. The van der Waals surface area contributed by atoms with E-state index in [2.05, 4.69) is 28.9 Å². The maximum atomic E-state index is 12.6. The first kappa shape index (κ1) is 17.9. The molecule has 25 heavy (non-hydrogen) atoms. The monoisotopic (exact) mass is 364 g/mol. The quantitative estimate of drug-likeness (QED) is 0.580. The van der Waals surface area contributed by atoms with Gasteiger partial charge in [0.25, 0.3) is 0 Å². The van der Waals surface area contributed by atoms with E-state index < -0.39 is 11.7 Å². The number of hydrogen-bond acceptors (Lipinski definition) is 3. The van der Waals surface area contributed by atoms with E-state index in [0.29, 0.717) is 6.54 Å². The molecule has 0 saturated heterocycles. The normalized spacial score (nSPS) is 13.6. The summed E-state index contributed by atoms with van der Waals surface area (Å²) in [4.78, 5) is 6.59. The van der Waals surface area contributed by atoms with Crippen molar-refractivity contribution in [3.05, 3.63) is 64.2 Å². The molecule has 0 bridgehead atoms. The second kappa shape index (κ2) is 6.77. The Morgan fingerprint density at radius 3 is 2.44 bits per heavy atom. The molecule has 0 radical (unpaired) electrons. The summed E-state index contributed by atoms with van der Waals surface area (Å²) in [7, 11) is 1.98.